The van der Waals surface area contributed by atoms with Crippen LogP contribution in [0.25, 0.3) is 0 Å². The summed E-state index contributed by atoms with van der Waals surface area (Å²) >= 11 is 1.32. The van der Waals surface area contributed by atoms with E-state index in [1.165, 1.54) is 35.6 Å². The predicted octanol–water partition coefficient (Wildman–Crippen LogP) is 4.79. The normalized spacial score (nSPS) is 11.9. The van der Waals surface area contributed by atoms with Crippen molar-refractivity contribution in [2.24, 2.45) is 5.41 Å². The number of benzene rings is 2. The molecule has 0 radical (unpaired) electrons. The number of anilines is 1. The Morgan fingerprint density at radius 2 is 1.70 bits per heavy atom. The highest BCUT2D eigenvalue weighted by Crippen LogP contribution is 2.28. The topological polar surface area (TPSA) is 85.4 Å². The third kappa shape index (κ3) is 5.46. The van der Waals surface area contributed by atoms with Gasteiger partial charge in [0.15, 0.2) is 5.13 Å². The summed E-state index contributed by atoms with van der Waals surface area (Å²) in [4.78, 5) is 17.4. The molecule has 0 spiro atoms. The van der Waals surface area contributed by atoms with Crippen molar-refractivity contribution >= 4 is 32.5 Å². The van der Waals surface area contributed by atoms with Crippen molar-refractivity contribution in [1.29, 1.82) is 0 Å². The van der Waals surface area contributed by atoms with Gasteiger partial charge in [-0.1, -0.05) is 30.3 Å². The molecule has 0 saturated heterocycles. The Morgan fingerprint density at radius 1 is 1.07 bits per heavy atom. The molecule has 0 amide bonds. The van der Waals surface area contributed by atoms with E-state index in [-0.39, 0.29) is 10.9 Å². The van der Waals surface area contributed by atoms with E-state index >= 15 is 0 Å². The van der Waals surface area contributed by atoms with Gasteiger partial charge in [-0.25, -0.2) is 13.4 Å². The lowest BCUT2D eigenvalue weighted by molar-refractivity contribution is -0.143. The molecule has 0 saturated carbocycles. The first-order valence-corrected chi connectivity index (χ1v) is 11.7. The summed E-state index contributed by atoms with van der Waals surface area (Å²) in [5.41, 5.74) is 1.29. The maximum Gasteiger partial charge on any atom is 0.316 e. The number of sulfonamides is 1. The van der Waals surface area contributed by atoms with Gasteiger partial charge in [-0.05, 0) is 57.5 Å². The zero-order valence-electron chi connectivity index (χ0n) is 17.3. The number of carbonyl (C=O) groups excluding carboxylic acids is 1. The Bertz CT molecular complexity index is 1130. The van der Waals surface area contributed by atoms with E-state index in [2.05, 4.69) is 9.71 Å². The lowest BCUT2D eigenvalue weighted by Gasteiger charge is -2.16. The van der Waals surface area contributed by atoms with Gasteiger partial charge >= 0.3 is 5.97 Å². The van der Waals surface area contributed by atoms with Crippen LogP contribution in [0.15, 0.2) is 59.5 Å². The van der Waals surface area contributed by atoms with Crippen molar-refractivity contribution in [3.63, 3.8) is 0 Å². The Hall–Kier alpha value is -2.71. The van der Waals surface area contributed by atoms with Crippen LogP contribution in [0, 0.1) is 12.3 Å². The first-order valence-electron chi connectivity index (χ1n) is 9.40. The van der Waals surface area contributed by atoms with Gasteiger partial charge in [0, 0.05) is 11.3 Å². The van der Waals surface area contributed by atoms with E-state index in [1.54, 1.807) is 20.8 Å². The molecule has 1 heterocycles. The van der Waals surface area contributed by atoms with Crippen LogP contribution in [0.3, 0.4) is 0 Å². The minimum Gasteiger partial charge on any atom is -0.426 e. The first kappa shape index (κ1) is 22.0. The monoisotopic (exact) mass is 444 g/mol. The number of ether oxygens (including phenoxy) is 1. The average Bonchev–Trinajstić information content (AvgIpc) is 3.00. The van der Waals surface area contributed by atoms with Gasteiger partial charge in [0.05, 0.1) is 16.0 Å². The molecule has 0 fully saturated rings. The molecule has 0 aliphatic heterocycles. The van der Waals surface area contributed by atoms with Crippen LogP contribution in [0.5, 0.6) is 5.75 Å². The fourth-order valence-electron chi connectivity index (χ4n) is 2.54. The van der Waals surface area contributed by atoms with Crippen LogP contribution in [-0.4, -0.2) is 19.4 Å². The lowest BCUT2D eigenvalue weighted by Crippen LogP contribution is -2.25. The molecule has 0 atom stereocenters. The zero-order chi connectivity index (χ0) is 21.9. The summed E-state index contributed by atoms with van der Waals surface area (Å²) in [6.07, 6.45) is 0.694. The van der Waals surface area contributed by atoms with Gasteiger partial charge in [0.25, 0.3) is 10.0 Å². The van der Waals surface area contributed by atoms with Gasteiger partial charge in [-0.3, -0.25) is 9.52 Å². The van der Waals surface area contributed by atoms with Crippen molar-refractivity contribution in [2.45, 2.75) is 39.0 Å². The van der Waals surface area contributed by atoms with Crippen LogP contribution in [0.4, 0.5) is 5.13 Å². The van der Waals surface area contributed by atoms with Gasteiger partial charge in [-0.15, -0.1) is 11.3 Å². The quantitative estimate of drug-likeness (QED) is 0.436. The smallest absolute Gasteiger partial charge is 0.316 e. The molecule has 1 N–H and O–H groups in total. The van der Waals surface area contributed by atoms with E-state index in [1.807, 2.05) is 37.3 Å². The van der Waals surface area contributed by atoms with Gasteiger partial charge in [0.2, 0.25) is 0 Å². The predicted molar refractivity (Wildman–Crippen MR) is 118 cm³/mol. The molecule has 30 heavy (non-hydrogen) atoms. The molecule has 1 aromatic heterocycles. The van der Waals surface area contributed by atoms with Crippen molar-refractivity contribution in [3.05, 3.63) is 70.7 Å². The van der Waals surface area contributed by atoms with Crippen LogP contribution < -0.4 is 9.46 Å². The molecule has 8 heteroatoms. The van der Waals surface area contributed by atoms with E-state index in [4.69, 9.17) is 4.74 Å². The van der Waals surface area contributed by atoms with Gasteiger partial charge in [0.1, 0.15) is 5.75 Å². The largest absolute Gasteiger partial charge is 0.426 e. The molecule has 0 bridgehead atoms. The second kappa shape index (κ2) is 8.57. The minimum atomic E-state index is -3.81. The second-order valence-corrected chi connectivity index (χ2v) is 10.7. The molecule has 158 valence electrons. The van der Waals surface area contributed by atoms with Crippen LogP contribution in [0.1, 0.15) is 36.9 Å². The number of carbonyl (C=O) groups is 1. The SMILES string of the molecule is Cc1nc(NS(=O)(=O)c2ccc(OC(=O)C(C)(C)C)cc2)sc1Cc1ccccc1. The van der Waals surface area contributed by atoms with Crippen LogP contribution in [0.2, 0.25) is 0 Å². The number of esters is 1. The molecule has 6 nitrogen and oxygen atoms in total. The molecule has 3 rings (SSSR count). The fourth-order valence-corrected chi connectivity index (χ4v) is 4.77. The van der Waals surface area contributed by atoms with Crippen molar-refractivity contribution in [1.82, 2.24) is 4.98 Å². The zero-order valence-corrected chi connectivity index (χ0v) is 18.9. The van der Waals surface area contributed by atoms with Crippen LogP contribution in [-0.2, 0) is 21.2 Å². The van der Waals surface area contributed by atoms with Crippen molar-refractivity contribution in [3.8, 4) is 5.75 Å². The summed E-state index contributed by atoms with van der Waals surface area (Å²) in [6.45, 7) is 7.12. The third-order valence-corrected chi connectivity index (χ3v) is 6.84. The number of hydrogen-bond donors (Lipinski definition) is 1. The number of nitrogens with zero attached hydrogens (tertiary/aromatic N) is 1. The van der Waals surface area contributed by atoms with Crippen molar-refractivity contribution < 1.29 is 17.9 Å². The van der Waals surface area contributed by atoms with E-state index in [0.29, 0.717) is 17.3 Å². The number of aryl methyl sites for hydroxylation is 1. The van der Waals surface area contributed by atoms with E-state index in [0.717, 1.165) is 16.1 Å². The van der Waals surface area contributed by atoms with Crippen LogP contribution >= 0.6 is 11.3 Å². The Morgan fingerprint density at radius 3 is 2.30 bits per heavy atom. The highest BCUT2D eigenvalue weighted by atomic mass is 32.2. The van der Waals surface area contributed by atoms with E-state index in [9.17, 15) is 13.2 Å². The maximum atomic E-state index is 12.7. The summed E-state index contributed by atoms with van der Waals surface area (Å²) < 4.78 is 33.3. The summed E-state index contributed by atoms with van der Waals surface area (Å²) in [6, 6.07) is 15.7. The van der Waals surface area contributed by atoms with E-state index < -0.39 is 15.4 Å². The average molecular weight is 445 g/mol. The Balaban J connectivity index is 1.72. The highest BCUT2D eigenvalue weighted by Gasteiger charge is 2.24. The molecule has 3 aromatic rings. The van der Waals surface area contributed by atoms with Crippen molar-refractivity contribution in [2.75, 3.05) is 4.72 Å². The summed E-state index contributed by atoms with van der Waals surface area (Å²) in [5, 5.41) is 0.321. The molecular weight excluding hydrogens is 420 g/mol. The number of thiazole rings is 1. The molecule has 2 aromatic carbocycles. The lowest BCUT2D eigenvalue weighted by atomic mass is 9.97. The summed E-state index contributed by atoms with van der Waals surface area (Å²) in [5.74, 6) is -0.0930. The molecule has 0 aliphatic carbocycles. The van der Waals surface area contributed by atoms with Gasteiger partial charge < -0.3 is 4.74 Å². The maximum absolute atomic E-state index is 12.7. The Labute approximate surface area is 181 Å². The molecular formula is C22H24N2O4S2. The number of hydrogen-bond acceptors (Lipinski definition) is 6. The summed E-state index contributed by atoms with van der Waals surface area (Å²) in [7, 11) is -3.81. The second-order valence-electron chi connectivity index (χ2n) is 7.91. The minimum absolute atomic E-state index is 0.0653. The number of nitrogens with one attached hydrogen (secondary N) is 1. The van der Waals surface area contributed by atoms with Gasteiger partial charge in [-0.2, -0.15) is 0 Å². The Kier molecular flexibility index (Phi) is 6.28. The highest BCUT2D eigenvalue weighted by molar-refractivity contribution is 7.93. The number of aromatic nitrogens is 1. The third-order valence-electron chi connectivity index (χ3n) is 4.28. The molecule has 0 aliphatic rings. The standard InChI is InChI=1S/C22H24N2O4S2/c1-15-19(14-16-8-6-5-7-9-16)29-21(23-15)24-30(26,27)18-12-10-17(11-13-18)28-20(25)22(2,3)4/h5-13H,14H2,1-4H3,(H,23,24). The fraction of sp³-hybridized carbons (Fsp3) is 0.273. The molecule has 0 unspecified atom stereocenters. The number of rotatable bonds is 6. The first-order chi connectivity index (χ1) is 14.0.